The minimum absolute atomic E-state index is 0.432. The number of rotatable bonds is 4. The minimum Gasteiger partial charge on any atom is -0.198 e. The lowest BCUT2D eigenvalue weighted by Crippen LogP contribution is -1.99. The number of nitriles is 1. The van der Waals surface area contributed by atoms with Gasteiger partial charge in [-0.1, -0.05) is 25.1 Å². The van der Waals surface area contributed by atoms with Crippen LogP contribution in [0.2, 0.25) is 0 Å². The zero-order valence-corrected chi connectivity index (χ0v) is 9.47. The van der Waals surface area contributed by atoms with Gasteiger partial charge in [-0.25, -0.2) is 0 Å². The Kier molecular flexibility index (Phi) is 4.55. The molecule has 1 rings (SSSR count). The van der Waals surface area contributed by atoms with Crippen molar-refractivity contribution in [3.05, 3.63) is 29.8 Å². The lowest BCUT2D eigenvalue weighted by Gasteiger charge is -2.12. The van der Waals surface area contributed by atoms with Gasteiger partial charge in [0.15, 0.2) is 0 Å². The number of nitrogens with zero attached hydrogens (tertiary/aromatic N) is 1. The van der Waals surface area contributed by atoms with Crippen LogP contribution in [0.15, 0.2) is 29.2 Å². The largest absolute Gasteiger partial charge is 0.198 e. The van der Waals surface area contributed by atoms with Crippen LogP contribution in [0.4, 0.5) is 0 Å². The second kappa shape index (κ2) is 5.72. The lowest BCUT2D eigenvalue weighted by atomic mass is 10.2. The third-order valence-corrected chi connectivity index (χ3v) is 3.71. The van der Waals surface area contributed by atoms with Gasteiger partial charge >= 0.3 is 0 Å². The summed E-state index contributed by atoms with van der Waals surface area (Å²) >= 11 is 1.82. The molecule has 74 valence electrons. The van der Waals surface area contributed by atoms with E-state index < -0.39 is 0 Å². The van der Waals surface area contributed by atoms with E-state index >= 15 is 0 Å². The van der Waals surface area contributed by atoms with Crippen LogP contribution in [0.25, 0.3) is 0 Å². The van der Waals surface area contributed by atoms with Crippen LogP contribution in [0.3, 0.4) is 0 Å². The summed E-state index contributed by atoms with van der Waals surface area (Å²) in [5, 5.41) is 9.08. The third-order valence-electron chi connectivity index (χ3n) is 2.16. The predicted octanol–water partition coefficient (Wildman–Crippen LogP) is 3.78. The fraction of sp³-hybridized carbons (Fsp3) is 0.417. The lowest BCUT2D eigenvalue weighted by molar-refractivity contribution is 0.842. The Morgan fingerprint density at radius 1 is 1.43 bits per heavy atom. The summed E-state index contributed by atoms with van der Waals surface area (Å²) in [6, 6.07) is 10.6. The first-order valence-electron chi connectivity index (χ1n) is 4.87. The van der Waals surface area contributed by atoms with Crippen molar-refractivity contribution in [1.82, 2.24) is 0 Å². The normalized spacial score (nSPS) is 12.1. The Balaban J connectivity index is 2.68. The van der Waals surface area contributed by atoms with E-state index in [0.29, 0.717) is 11.7 Å². The maximum atomic E-state index is 8.65. The van der Waals surface area contributed by atoms with E-state index in [9.17, 15) is 0 Å². The van der Waals surface area contributed by atoms with Gasteiger partial charge in [0.1, 0.15) is 0 Å². The van der Waals surface area contributed by atoms with Crippen LogP contribution >= 0.6 is 11.8 Å². The van der Waals surface area contributed by atoms with Gasteiger partial charge in [0, 0.05) is 16.6 Å². The first kappa shape index (κ1) is 11.1. The molecular formula is C12H15NS. The molecule has 0 aromatic heterocycles. The fourth-order valence-corrected chi connectivity index (χ4v) is 2.33. The molecule has 0 aliphatic carbocycles. The first-order valence-corrected chi connectivity index (χ1v) is 5.75. The van der Waals surface area contributed by atoms with Crippen LogP contribution in [-0.2, 0) is 0 Å². The van der Waals surface area contributed by atoms with E-state index in [1.807, 2.05) is 17.8 Å². The van der Waals surface area contributed by atoms with Crippen molar-refractivity contribution in [2.75, 3.05) is 0 Å². The van der Waals surface area contributed by atoms with E-state index in [2.05, 4.69) is 38.1 Å². The van der Waals surface area contributed by atoms with Gasteiger partial charge in [-0.05, 0) is 25.0 Å². The molecule has 0 fully saturated rings. The van der Waals surface area contributed by atoms with Crippen molar-refractivity contribution in [3.63, 3.8) is 0 Å². The second-order valence-electron chi connectivity index (χ2n) is 3.28. The molecule has 0 spiro atoms. The van der Waals surface area contributed by atoms with Crippen molar-refractivity contribution < 1.29 is 0 Å². The molecule has 14 heavy (non-hydrogen) atoms. The summed E-state index contributed by atoms with van der Waals surface area (Å²) in [5.41, 5.74) is 1.30. The smallest absolute Gasteiger partial charge is 0.0633 e. The summed E-state index contributed by atoms with van der Waals surface area (Å²) in [4.78, 5) is 1.30. The molecule has 0 heterocycles. The van der Waals surface area contributed by atoms with Crippen LogP contribution < -0.4 is 0 Å². The van der Waals surface area contributed by atoms with Gasteiger partial charge in [0.05, 0.1) is 6.07 Å². The zero-order chi connectivity index (χ0) is 10.4. The number of hydrogen-bond donors (Lipinski definition) is 0. The average molecular weight is 205 g/mol. The Morgan fingerprint density at radius 2 is 2.14 bits per heavy atom. The Labute approximate surface area is 90.1 Å². The summed E-state index contributed by atoms with van der Waals surface area (Å²) < 4.78 is 0. The number of hydrogen-bond acceptors (Lipinski definition) is 2. The van der Waals surface area contributed by atoms with Gasteiger partial charge in [-0.3, -0.25) is 0 Å². The highest BCUT2D eigenvalue weighted by Crippen LogP contribution is 2.29. The number of aryl methyl sites for hydroxylation is 1. The van der Waals surface area contributed by atoms with Crippen molar-refractivity contribution in [3.8, 4) is 6.07 Å². The highest BCUT2D eigenvalue weighted by atomic mass is 32.2. The average Bonchev–Trinajstić information content (AvgIpc) is 2.20. The molecule has 0 radical (unpaired) electrons. The summed E-state index contributed by atoms with van der Waals surface area (Å²) in [5.74, 6) is 0. The molecule has 1 nitrogen and oxygen atoms in total. The molecule has 1 atom stereocenters. The molecule has 0 aliphatic rings. The number of thioether (sulfide) groups is 1. The summed E-state index contributed by atoms with van der Waals surface area (Å²) in [6.07, 6.45) is 1.68. The standard InChI is InChI=1S/C12H15NS/c1-3-11(8-9-13)14-12-7-5-4-6-10(12)2/h4-7,11H,3,8H2,1-2H3. The monoisotopic (exact) mass is 205 g/mol. The van der Waals surface area contributed by atoms with E-state index in [-0.39, 0.29) is 0 Å². The molecular weight excluding hydrogens is 190 g/mol. The highest BCUT2D eigenvalue weighted by Gasteiger charge is 2.08. The topological polar surface area (TPSA) is 23.8 Å². The van der Waals surface area contributed by atoms with E-state index in [1.165, 1.54) is 10.5 Å². The van der Waals surface area contributed by atoms with E-state index in [0.717, 1.165) is 6.42 Å². The molecule has 0 amide bonds. The van der Waals surface area contributed by atoms with Crippen LogP contribution in [0, 0.1) is 18.3 Å². The molecule has 0 saturated carbocycles. The SMILES string of the molecule is CCC(CC#N)Sc1ccccc1C. The van der Waals surface area contributed by atoms with Crippen molar-refractivity contribution in [2.24, 2.45) is 0 Å². The molecule has 1 aromatic carbocycles. The van der Waals surface area contributed by atoms with Crippen molar-refractivity contribution >= 4 is 11.8 Å². The molecule has 1 aromatic rings. The number of benzene rings is 1. The van der Waals surface area contributed by atoms with Gasteiger partial charge in [0.25, 0.3) is 0 Å². The fourth-order valence-electron chi connectivity index (χ4n) is 1.24. The van der Waals surface area contributed by atoms with E-state index in [4.69, 9.17) is 5.26 Å². The van der Waals surface area contributed by atoms with Crippen LogP contribution in [0.5, 0.6) is 0 Å². The predicted molar refractivity (Wildman–Crippen MR) is 61.3 cm³/mol. The molecule has 0 N–H and O–H groups in total. The third kappa shape index (κ3) is 3.08. The Bertz CT molecular complexity index is 327. The van der Waals surface area contributed by atoms with Crippen molar-refractivity contribution in [1.29, 1.82) is 5.26 Å². The highest BCUT2D eigenvalue weighted by molar-refractivity contribution is 8.00. The second-order valence-corrected chi connectivity index (χ2v) is 4.62. The minimum atomic E-state index is 0.432. The summed E-state index contributed by atoms with van der Waals surface area (Å²) in [7, 11) is 0. The Hall–Kier alpha value is -0.940. The van der Waals surface area contributed by atoms with E-state index in [1.54, 1.807) is 0 Å². The van der Waals surface area contributed by atoms with Crippen LogP contribution in [-0.4, -0.2) is 5.25 Å². The molecule has 0 bridgehead atoms. The van der Waals surface area contributed by atoms with Gasteiger partial charge in [-0.2, -0.15) is 5.26 Å². The van der Waals surface area contributed by atoms with Crippen molar-refractivity contribution in [2.45, 2.75) is 36.8 Å². The molecule has 0 saturated heterocycles. The first-order chi connectivity index (χ1) is 6.77. The van der Waals surface area contributed by atoms with Crippen LogP contribution in [0.1, 0.15) is 25.3 Å². The maximum Gasteiger partial charge on any atom is 0.0633 e. The summed E-state index contributed by atoms with van der Waals surface area (Å²) in [6.45, 7) is 4.24. The van der Waals surface area contributed by atoms with Gasteiger partial charge in [0.2, 0.25) is 0 Å². The Morgan fingerprint density at radius 3 is 2.71 bits per heavy atom. The molecule has 2 heteroatoms. The molecule has 0 aliphatic heterocycles. The quantitative estimate of drug-likeness (QED) is 0.698. The van der Waals surface area contributed by atoms with Gasteiger partial charge in [-0.15, -0.1) is 11.8 Å². The van der Waals surface area contributed by atoms with Gasteiger partial charge < -0.3 is 0 Å². The maximum absolute atomic E-state index is 8.65. The molecule has 1 unspecified atom stereocenters. The zero-order valence-electron chi connectivity index (χ0n) is 8.66.